The van der Waals surface area contributed by atoms with Gasteiger partial charge in [-0.3, -0.25) is 33.1 Å². The molecule has 13 nitrogen and oxygen atoms in total. The first kappa shape index (κ1) is 26.2. The summed E-state index contributed by atoms with van der Waals surface area (Å²) in [4.78, 5) is 67.2. The van der Waals surface area contributed by atoms with Gasteiger partial charge >= 0.3 is 11.4 Å². The number of carbonyl (C=O) groups excluding carboxylic acids is 1. The number of nitrogens with zero attached hydrogens (tertiary/aromatic N) is 4. The second kappa shape index (κ2) is 10.9. The molecule has 0 aliphatic heterocycles. The average molecular weight is 500 g/mol. The summed E-state index contributed by atoms with van der Waals surface area (Å²) < 4.78 is 8.05. The summed E-state index contributed by atoms with van der Waals surface area (Å²) in [5, 5.41) is 0. The highest BCUT2D eigenvalue weighted by molar-refractivity contribution is 6.02. The Bertz CT molecular complexity index is 1500. The van der Waals surface area contributed by atoms with Crippen molar-refractivity contribution in [3.05, 3.63) is 83.1 Å². The number of nitrogen functional groups attached to an aromatic ring is 2. The summed E-state index contributed by atoms with van der Waals surface area (Å²) in [5.74, 6) is -1.15. The van der Waals surface area contributed by atoms with Crippen molar-refractivity contribution >= 4 is 23.1 Å². The molecule has 1 aromatic carbocycles. The van der Waals surface area contributed by atoms with E-state index >= 15 is 0 Å². The Labute approximate surface area is 205 Å². The van der Waals surface area contributed by atoms with Gasteiger partial charge in [-0.25, -0.2) is 9.59 Å². The normalized spacial score (nSPS) is 11.0. The summed E-state index contributed by atoms with van der Waals surface area (Å²) in [5.41, 5.74) is 9.50. The number of rotatable bonds is 10. The third-order valence-corrected chi connectivity index (χ3v) is 5.81. The molecule has 0 saturated carbocycles. The first-order valence-electron chi connectivity index (χ1n) is 11.1. The van der Waals surface area contributed by atoms with Crippen LogP contribution in [0.2, 0.25) is 0 Å². The number of H-pyrrole nitrogens is 1. The number of Topliss-reactive ketones (excluding diaryl/α,β-unsaturated/α-hetero) is 1. The minimum atomic E-state index is -0.853. The van der Waals surface area contributed by atoms with E-state index in [0.717, 1.165) is 14.7 Å². The zero-order valence-corrected chi connectivity index (χ0v) is 20.3. The molecular weight excluding hydrogens is 470 g/mol. The van der Waals surface area contributed by atoms with E-state index in [0.29, 0.717) is 13.0 Å². The molecule has 192 valence electrons. The first-order chi connectivity index (χ1) is 17.1. The standard InChI is InChI=1S/C23H29N7O6/c1-27-18(24)16(21(33)28(2)23(27)35)15(31)13-29(10-7-11-36-3)17-19(25)30(22(34)26-20(17)32)12-14-8-5-4-6-9-14/h4-6,8-9H,7,10-13,24-25H2,1-3H3,(H,26,32,34). The fraction of sp³-hybridized carbons (Fsp3) is 0.348. The monoisotopic (exact) mass is 499 g/mol. The van der Waals surface area contributed by atoms with Crippen LogP contribution in [0.3, 0.4) is 0 Å². The quantitative estimate of drug-likeness (QED) is 0.230. The number of aromatic nitrogens is 4. The van der Waals surface area contributed by atoms with Gasteiger partial charge in [0, 0.05) is 34.4 Å². The Morgan fingerprint density at radius 1 is 1.03 bits per heavy atom. The molecule has 0 radical (unpaired) electrons. The summed E-state index contributed by atoms with van der Waals surface area (Å²) >= 11 is 0. The minimum absolute atomic E-state index is 0.0867. The highest BCUT2D eigenvalue weighted by Crippen LogP contribution is 2.19. The summed E-state index contributed by atoms with van der Waals surface area (Å²) in [6, 6.07) is 9.03. The van der Waals surface area contributed by atoms with E-state index in [4.69, 9.17) is 16.2 Å². The number of anilines is 3. The summed E-state index contributed by atoms with van der Waals surface area (Å²) in [7, 11) is 4.08. The summed E-state index contributed by atoms with van der Waals surface area (Å²) in [6.07, 6.45) is 0.404. The van der Waals surface area contributed by atoms with Crippen molar-refractivity contribution < 1.29 is 9.53 Å². The molecule has 0 fully saturated rings. The molecule has 13 heteroatoms. The van der Waals surface area contributed by atoms with Crippen LogP contribution in [0.25, 0.3) is 0 Å². The number of nitrogens with two attached hydrogens (primary N) is 2. The van der Waals surface area contributed by atoms with Gasteiger partial charge in [-0.05, 0) is 12.0 Å². The van der Waals surface area contributed by atoms with E-state index in [-0.39, 0.29) is 36.0 Å². The third kappa shape index (κ3) is 5.15. The number of hydrogen-bond donors (Lipinski definition) is 3. The molecule has 0 saturated heterocycles. The molecule has 3 aromatic rings. The van der Waals surface area contributed by atoms with Gasteiger partial charge in [-0.2, -0.15) is 0 Å². The molecule has 0 aliphatic carbocycles. The van der Waals surface area contributed by atoms with Gasteiger partial charge in [-0.15, -0.1) is 0 Å². The zero-order chi connectivity index (χ0) is 26.6. The Morgan fingerprint density at radius 2 is 1.69 bits per heavy atom. The van der Waals surface area contributed by atoms with Gasteiger partial charge in [0.15, 0.2) is 5.78 Å². The van der Waals surface area contributed by atoms with Crippen LogP contribution in [-0.4, -0.2) is 51.3 Å². The average Bonchev–Trinajstić information content (AvgIpc) is 2.84. The van der Waals surface area contributed by atoms with Crippen molar-refractivity contribution in [2.75, 3.05) is 43.2 Å². The van der Waals surface area contributed by atoms with Crippen molar-refractivity contribution in [3.8, 4) is 0 Å². The van der Waals surface area contributed by atoms with Crippen LogP contribution in [0.1, 0.15) is 22.3 Å². The molecule has 2 aromatic heterocycles. The third-order valence-electron chi connectivity index (χ3n) is 5.81. The Balaban J connectivity index is 2.10. The molecular formula is C23H29N7O6. The van der Waals surface area contributed by atoms with Crippen LogP contribution >= 0.6 is 0 Å². The number of benzene rings is 1. The second-order valence-corrected chi connectivity index (χ2v) is 8.22. The predicted molar refractivity (Wildman–Crippen MR) is 136 cm³/mol. The summed E-state index contributed by atoms with van der Waals surface area (Å²) in [6.45, 7) is 0.0832. The molecule has 3 rings (SSSR count). The number of hydrogen-bond acceptors (Lipinski definition) is 9. The van der Waals surface area contributed by atoms with E-state index in [1.54, 1.807) is 24.3 Å². The van der Waals surface area contributed by atoms with Crippen LogP contribution in [0.5, 0.6) is 0 Å². The van der Waals surface area contributed by atoms with Gasteiger partial charge in [-0.1, -0.05) is 30.3 Å². The number of aromatic amines is 1. The van der Waals surface area contributed by atoms with Gasteiger partial charge in [0.2, 0.25) is 0 Å². The van der Waals surface area contributed by atoms with Gasteiger partial charge in [0.1, 0.15) is 22.9 Å². The molecule has 0 bridgehead atoms. The molecule has 0 unspecified atom stereocenters. The SMILES string of the molecule is COCCCN(CC(=O)c1c(N)n(C)c(=O)n(C)c1=O)c1c(N)n(Cc2ccccc2)c(=O)[nH]c1=O. The van der Waals surface area contributed by atoms with Crippen molar-refractivity contribution in [2.45, 2.75) is 13.0 Å². The highest BCUT2D eigenvalue weighted by Gasteiger charge is 2.26. The van der Waals surface area contributed by atoms with Crippen LogP contribution < -0.4 is 38.9 Å². The van der Waals surface area contributed by atoms with E-state index in [1.165, 1.54) is 30.7 Å². The Morgan fingerprint density at radius 3 is 2.33 bits per heavy atom. The fourth-order valence-corrected chi connectivity index (χ4v) is 3.85. The van der Waals surface area contributed by atoms with Crippen molar-refractivity contribution in [1.82, 2.24) is 18.7 Å². The fourth-order valence-electron chi connectivity index (χ4n) is 3.85. The van der Waals surface area contributed by atoms with Gasteiger partial charge < -0.3 is 21.1 Å². The van der Waals surface area contributed by atoms with Crippen LogP contribution in [0.15, 0.2) is 49.5 Å². The molecule has 0 spiro atoms. The van der Waals surface area contributed by atoms with E-state index in [9.17, 15) is 24.0 Å². The molecule has 0 aliphatic rings. The zero-order valence-electron chi connectivity index (χ0n) is 20.3. The minimum Gasteiger partial charge on any atom is -0.385 e. The Kier molecular flexibility index (Phi) is 7.94. The molecule has 2 heterocycles. The number of nitrogens with one attached hydrogen (secondary N) is 1. The predicted octanol–water partition coefficient (Wildman–Crippen LogP) is -1.13. The number of ether oxygens (including phenoxy) is 1. The lowest BCUT2D eigenvalue weighted by molar-refractivity contribution is 0.0996. The van der Waals surface area contributed by atoms with Crippen LogP contribution in [0.4, 0.5) is 17.3 Å². The van der Waals surface area contributed by atoms with Crippen LogP contribution in [0, 0.1) is 0 Å². The van der Waals surface area contributed by atoms with Crippen molar-refractivity contribution in [3.63, 3.8) is 0 Å². The lowest BCUT2D eigenvalue weighted by Crippen LogP contribution is -2.45. The largest absolute Gasteiger partial charge is 0.385 e. The molecule has 36 heavy (non-hydrogen) atoms. The number of ketones is 1. The van der Waals surface area contributed by atoms with E-state index in [1.807, 2.05) is 6.07 Å². The lowest BCUT2D eigenvalue weighted by Gasteiger charge is -2.26. The van der Waals surface area contributed by atoms with E-state index in [2.05, 4.69) is 4.98 Å². The van der Waals surface area contributed by atoms with Crippen molar-refractivity contribution in [2.24, 2.45) is 14.1 Å². The maximum atomic E-state index is 13.3. The molecule has 0 atom stereocenters. The number of carbonyl (C=O) groups is 1. The second-order valence-electron chi connectivity index (χ2n) is 8.22. The Hall–Kier alpha value is -4.39. The molecule has 5 N–H and O–H groups in total. The maximum Gasteiger partial charge on any atom is 0.332 e. The smallest absolute Gasteiger partial charge is 0.332 e. The lowest BCUT2D eigenvalue weighted by atomic mass is 10.1. The number of methoxy groups -OCH3 is 1. The molecule has 0 amide bonds. The van der Waals surface area contributed by atoms with Gasteiger partial charge in [0.05, 0.1) is 13.1 Å². The maximum absolute atomic E-state index is 13.3. The van der Waals surface area contributed by atoms with Crippen LogP contribution in [-0.2, 0) is 25.4 Å². The highest BCUT2D eigenvalue weighted by atomic mass is 16.5. The van der Waals surface area contributed by atoms with E-state index < -0.39 is 34.8 Å². The first-order valence-corrected chi connectivity index (χ1v) is 11.1. The topological polar surface area (TPSA) is 180 Å². The van der Waals surface area contributed by atoms with Crippen molar-refractivity contribution in [1.29, 1.82) is 0 Å². The van der Waals surface area contributed by atoms with Gasteiger partial charge in [0.25, 0.3) is 11.1 Å².